The molecule has 1 N–H and O–H groups in total. The predicted molar refractivity (Wildman–Crippen MR) is 53.3 cm³/mol. The zero-order chi connectivity index (χ0) is 13.6. The Morgan fingerprint density at radius 2 is 1.95 bits per heavy atom. The standard InChI is InChI=1S/C9H4F4N6/c10-4-1-14-8-15-5(3-19(8)2-4)6-16-7(18-17-6)9(11,12)13/h1-3H,(H,16,17,18). The van der Waals surface area contributed by atoms with E-state index in [0.29, 0.717) is 0 Å². The third-order valence-corrected chi connectivity index (χ3v) is 2.26. The molecule has 0 aliphatic rings. The maximum absolute atomic E-state index is 12.9. The Kier molecular flexibility index (Phi) is 2.27. The second-order valence-electron chi connectivity index (χ2n) is 3.61. The summed E-state index contributed by atoms with van der Waals surface area (Å²) in [6, 6.07) is 0. The van der Waals surface area contributed by atoms with Crippen LogP contribution < -0.4 is 0 Å². The number of hydrogen-bond donors (Lipinski definition) is 1. The Labute approximate surface area is 102 Å². The Morgan fingerprint density at radius 1 is 1.16 bits per heavy atom. The molecule has 0 spiro atoms. The van der Waals surface area contributed by atoms with Gasteiger partial charge >= 0.3 is 6.18 Å². The molecule has 3 aromatic heterocycles. The summed E-state index contributed by atoms with van der Waals surface area (Å²) in [6.45, 7) is 0. The zero-order valence-corrected chi connectivity index (χ0v) is 8.98. The van der Waals surface area contributed by atoms with Crippen molar-refractivity contribution in [1.82, 2.24) is 29.5 Å². The summed E-state index contributed by atoms with van der Waals surface area (Å²) in [4.78, 5) is 10.8. The lowest BCUT2D eigenvalue weighted by molar-refractivity contribution is -0.144. The van der Waals surface area contributed by atoms with E-state index in [1.54, 1.807) is 5.10 Å². The second kappa shape index (κ2) is 3.73. The molecule has 0 aromatic carbocycles. The summed E-state index contributed by atoms with van der Waals surface area (Å²) in [6.07, 6.45) is -1.29. The molecule has 0 saturated heterocycles. The number of H-pyrrole nitrogens is 1. The second-order valence-corrected chi connectivity index (χ2v) is 3.61. The Hall–Kier alpha value is -2.52. The van der Waals surface area contributed by atoms with Crippen molar-refractivity contribution in [2.45, 2.75) is 6.18 Å². The van der Waals surface area contributed by atoms with Gasteiger partial charge in [-0.1, -0.05) is 0 Å². The van der Waals surface area contributed by atoms with Crippen LogP contribution in [0, 0.1) is 5.82 Å². The fourth-order valence-electron chi connectivity index (χ4n) is 1.47. The minimum atomic E-state index is -4.62. The number of rotatable bonds is 1. The fourth-order valence-corrected chi connectivity index (χ4v) is 1.47. The summed E-state index contributed by atoms with van der Waals surface area (Å²) in [7, 11) is 0. The van der Waals surface area contributed by atoms with Gasteiger partial charge in [0.15, 0.2) is 5.82 Å². The van der Waals surface area contributed by atoms with Crippen LogP contribution in [-0.4, -0.2) is 29.5 Å². The average Bonchev–Trinajstić information content (AvgIpc) is 2.92. The summed E-state index contributed by atoms with van der Waals surface area (Å²) < 4.78 is 51.2. The van der Waals surface area contributed by atoms with Crippen molar-refractivity contribution in [3.8, 4) is 11.5 Å². The molecule has 3 rings (SSSR count). The molecule has 6 nitrogen and oxygen atoms in total. The van der Waals surface area contributed by atoms with Crippen LogP contribution in [0.25, 0.3) is 17.3 Å². The van der Waals surface area contributed by atoms with E-state index in [2.05, 4.69) is 20.1 Å². The molecule has 3 heterocycles. The minimum Gasteiger partial charge on any atom is -0.287 e. The summed E-state index contributed by atoms with van der Waals surface area (Å²) >= 11 is 0. The maximum atomic E-state index is 12.9. The van der Waals surface area contributed by atoms with Crippen molar-refractivity contribution in [3.63, 3.8) is 0 Å². The number of imidazole rings is 1. The Bertz CT molecular complexity index is 743. The molecule has 0 aliphatic carbocycles. The Balaban J connectivity index is 2.07. The summed E-state index contributed by atoms with van der Waals surface area (Å²) in [5, 5.41) is 5.19. The molecule has 98 valence electrons. The monoisotopic (exact) mass is 272 g/mol. The number of fused-ring (bicyclic) bond motifs is 1. The first-order valence-electron chi connectivity index (χ1n) is 4.94. The number of hydrogen-bond acceptors (Lipinski definition) is 4. The maximum Gasteiger partial charge on any atom is 0.451 e. The van der Waals surface area contributed by atoms with Crippen LogP contribution in [0.15, 0.2) is 18.6 Å². The van der Waals surface area contributed by atoms with Crippen LogP contribution in [-0.2, 0) is 6.18 Å². The third kappa shape index (κ3) is 2.00. The number of nitrogens with one attached hydrogen (secondary N) is 1. The van der Waals surface area contributed by atoms with Crippen LogP contribution in [0.2, 0.25) is 0 Å². The van der Waals surface area contributed by atoms with E-state index in [4.69, 9.17) is 0 Å². The number of aromatic nitrogens is 6. The van der Waals surface area contributed by atoms with Crippen LogP contribution in [0.3, 0.4) is 0 Å². The lowest BCUT2D eigenvalue weighted by Crippen LogP contribution is -2.07. The molecule has 0 saturated carbocycles. The van der Waals surface area contributed by atoms with Crippen molar-refractivity contribution in [1.29, 1.82) is 0 Å². The number of nitrogens with zero attached hydrogens (tertiary/aromatic N) is 5. The SMILES string of the molecule is Fc1cnc2nc(-c3n[nH]c(C(F)(F)F)n3)cn2c1. The highest BCUT2D eigenvalue weighted by molar-refractivity contribution is 5.52. The molecule has 0 fully saturated rings. The molecule has 0 aliphatic heterocycles. The Morgan fingerprint density at radius 3 is 2.63 bits per heavy atom. The predicted octanol–water partition coefficient (Wildman–Crippen LogP) is 1.67. The third-order valence-electron chi connectivity index (χ3n) is 2.26. The van der Waals surface area contributed by atoms with Crippen molar-refractivity contribution < 1.29 is 17.6 Å². The molecule has 0 amide bonds. The molecule has 10 heteroatoms. The number of aromatic amines is 1. The highest BCUT2D eigenvalue weighted by Crippen LogP contribution is 2.27. The quantitative estimate of drug-likeness (QED) is 0.684. The van der Waals surface area contributed by atoms with E-state index < -0.39 is 17.8 Å². The van der Waals surface area contributed by atoms with Gasteiger partial charge in [-0.25, -0.2) is 19.3 Å². The van der Waals surface area contributed by atoms with Crippen molar-refractivity contribution in [3.05, 3.63) is 30.2 Å². The van der Waals surface area contributed by atoms with E-state index in [-0.39, 0.29) is 17.3 Å². The lowest BCUT2D eigenvalue weighted by Gasteiger charge is -1.97. The van der Waals surface area contributed by atoms with E-state index in [1.807, 2.05) is 0 Å². The molecular weight excluding hydrogens is 268 g/mol. The smallest absolute Gasteiger partial charge is 0.287 e. The van der Waals surface area contributed by atoms with Gasteiger partial charge in [-0.15, -0.1) is 0 Å². The molecule has 0 radical (unpaired) electrons. The van der Waals surface area contributed by atoms with Crippen molar-refractivity contribution in [2.75, 3.05) is 0 Å². The molecule has 19 heavy (non-hydrogen) atoms. The molecule has 0 unspecified atom stereocenters. The van der Waals surface area contributed by atoms with Gasteiger partial charge in [-0.2, -0.15) is 18.3 Å². The fraction of sp³-hybridized carbons (Fsp3) is 0.111. The van der Waals surface area contributed by atoms with Gasteiger partial charge in [0, 0.05) is 12.4 Å². The molecule has 0 atom stereocenters. The first-order valence-corrected chi connectivity index (χ1v) is 4.94. The van der Waals surface area contributed by atoms with Crippen molar-refractivity contribution in [2.24, 2.45) is 0 Å². The largest absolute Gasteiger partial charge is 0.451 e. The van der Waals surface area contributed by atoms with Crippen LogP contribution in [0.4, 0.5) is 17.6 Å². The first kappa shape index (κ1) is 11.6. The van der Waals surface area contributed by atoms with E-state index in [9.17, 15) is 17.6 Å². The highest BCUT2D eigenvalue weighted by Gasteiger charge is 2.35. The van der Waals surface area contributed by atoms with Gasteiger partial charge in [0.1, 0.15) is 5.69 Å². The van der Waals surface area contributed by atoms with Gasteiger partial charge in [-0.05, 0) is 0 Å². The molecule has 0 bridgehead atoms. The first-order chi connectivity index (χ1) is 8.93. The summed E-state index contributed by atoms with van der Waals surface area (Å²) in [5.74, 6) is -1.92. The molecule has 3 aromatic rings. The van der Waals surface area contributed by atoms with Gasteiger partial charge < -0.3 is 0 Å². The van der Waals surface area contributed by atoms with Crippen LogP contribution >= 0.6 is 0 Å². The van der Waals surface area contributed by atoms with Gasteiger partial charge in [0.25, 0.3) is 0 Å². The average molecular weight is 272 g/mol. The van der Waals surface area contributed by atoms with Crippen molar-refractivity contribution >= 4 is 5.78 Å². The van der Waals surface area contributed by atoms with Crippen LogP contribution in [0.1, 0.15) is 5.82 Å². The van der Waals surface area contributed by atoms with Gasteiger partial charge in [-0.3, -0.25) is 9.50 Å². The zero-order valence-electron chi connectivity index (χ0n) is 8.98. The number of alkyl halides is 3. The molecular formula is C9H4F4N6. The summed E-state index contributed by atoms with van der Waals surface area (Å²) in [5.41, 5.74) is 0.0600. The lowest BCUT2D eigenvalue weighted by atomic mass is 10.4. The van der Waals surface area contributed by atoms with E-state index in [0.717, 1.165) is 12.4 Å². The highest BCUT2D eigenvalue weighted by atomic mass is 19.4. The normalized spacial score (nSPS) is 12.2. The topological polar surface area (TPSA) is 71.8 Å². The van der Waals surface area contributed by atoms with Gasteiger partial charge in [0.2, 0.25) is 17.4 Å². The van der Waals surface area contributed by atoms with Crippen LogP contribution in [0.5, 0.6) is 0 Å². The minimum absolute atomic E-state index is 0.0600. The van der Waals surface area contributed by atoms with Gasteiger partial charge in [0.05, 0.1) is 6.20 Å². The number of halogens is 4. The van der Waals surface area contributed by atoms with E-state index >= 15 is 0 Å². The van der Waals surface area contributed by atoms with E-state index in [1.165, 1.54) is 10.6 Å².